The minimum Gasteiger partial charge on any atom is -0.289 e. The number of thiophene rings is 4. The Labute approximate surface area is 624 Å². The van der Waals surface area contributed by atoms with Gasteiger partial charge in [0.05, 0.1) is 39.4 Å². The molecule has 4 heterocycles. The average Bonchev–Trinajstić information content (AvgIpc) is 1.50. The first-order valence-electron chi connectivity index (χ1n) is 37.6. The summed E-state index contributed by atoms with van der Waals surface area (Å²) in [7, 11) is 0. The third kappa shape index (κ3) is 12.1. The smallest absolute Gasteiger partial charge is 0.270 e. The van der Waals surface area contributed by atoms with Crippen molar-refractivity contribution >= 4 is 99.0 Å². The number of nitriles is 1. The second-order valence-electron chi connectivity index (χ2n) is 28.7. The highest BCUT2D eigenvalue weighted by Crippen LogP contribution is 2.68. The molecule has 0 unspecified atom stereocenters. The number of hydrogen-bond donors (Lipinski definition) is 0. The van der Waals surface area contributed by atoms with Crippen molar-refractivity contribution in [3.8, 4) is 27.0 Å². The molecule has 0 bridgehead atoms. The van der Waals surface area contributed by atoms with Gasteiger partial charge in [0.2, 0.25) is 0 Å². The highest BCUT2D eigenvalue weighted by Gasteiger charge is 2.54. The molecule has 11 aromatic rings. The predicted octanol–water partition coefficient (Wildman–Crippen LogP) is 26.8. The normalized spacial score (nSPS) is 16.1. The molecule has 512 valence electrons. The van der Waals surface area contributed by atoms with Gasteiger partial charge < -0.3 is 0 Å². The van der Waals surface area contributed by atoms with Gasteiger partial charge in [-0.25, -0.2) is 15.0 Å². The van der Waals surface area contributed by atoms with E-state index in [-0.39, 0.29) is 17.3 Å². The summed E-state index contributed by atoms with van der Waals surface area (Å²) < 4.78 is 4.67. The molecule has 7 aromatic carbocycles. The number of Topliss-reactive ketones (excluding diaryl/α,β-unsaturated/α-hetero) is 2. The maximum Gasteiger partial charge on any atom is 0.270 e. The Morgan fingerprint density at radius 1 is 0.417 bits per heavy atom. The van der Waals surface area contributed by atoms with Gasteiger partial charge in [-0.05, 0) is 178 Å². The van der Waals surface area contributed by atoms with Crippen molar-refractivity contribution in [2.45, 2.75) is 174 Å². The number of hydrogen-bond acceptors (Lipinski definition) is 7. The first-order chi connectivity index (χ1) is 50.5. The lowest BCUT2D eigenvalue weighted by atomic mass is 9.65. The Morgan fingerprint density at radius 3 is 1.09 bits per heavy atom. The zero-order valence-corrected chi connectivity index (χ0v) is 63.0. The fourth-order valence-electron chi connectivity index (χ4n) is 17.1. The van der Waals surface area contributed by atoms with Gasteiger partial charge >= 0.3 is 0 Å². The van der Waals surface area contributed by atoms with E-state index in [4.69, 9.17) is 13.1 Å². The van der Waals surface area contributed by atoms with Crippen molar-refractivity contribution in [3.63, 3.8) is 0 Å². The van der Waals surface area contributed by atoms with E-state index in [0.29, 0.717) is 39.1 Å². The minimum atomic E-state index is -0.810. The van der Waals surface area contributed by atoms with E-state index >= 15 is 0 Å². The van der Waals surface area contributed by atoms with Crippen LogP contribution in [-0.2, 0) is 36.5 Å². The third-order valence-corrected chi connectivity index (χ3v) is 27.1. The summed E-state index contributed by atoms with van der Waals surface area (Å²) in [6.07, 6.45) is 27.2. The van der Waals surface area contributed by atoms with Crippen LogP contribution >= 0.6 is 45.3 Å². The molecule has 5 nitrogen and oxygen atoms in total. The van der Waals surface area contributed by atoms with E-state index < -0.39 is 10.8 Å². The topological polar surface area (TPSA) is 66.7 Å². The lowest BCUT2D eigenvalue weighted by Crippen LogP contribution is -2.30. The average molecular weight is 1420 g/mol. The van der Waals surface area contributed by atoms with Gasteiger partial charge in [0.25, 0.3) is 5.70 Å². The number of nitrogens with zero attached hydrogens (tertiary/aromatic N) is 3. The quantitative estimate of drug-likeness (QED) is 0.0235. The van der Waals surface area contributed by atoms with Crippen LogP contribution in [0.2, 0.25) is 0 Å². The molecule has 0 radical (unpaired) electrons. The molecule has 9 heteroatoms. The molecule has 0 saturated carbocycles. The predicted molar refractivity (Wildman–Crippen MR) is 435 cm³/mol. The maximum atomic E-state index is 14.7. The Balaban J connectivity index is 1.01. The Morgan fingerprint density at radius 2 is 0.757 bits per heavy atom. The molecular weight excluding hydrogens is 1330 g/mol. The number of allylic oxidation sites excluding steroid dienone is 6. The van der Waals surface area contributed by atoms with Crippen molar-refractivity contribution in [2.75, 3.05) is 0 Å². The van der Waals surface area contributed by atoms with Crippen LogP contribution in [0.15, 0.2) is 192 Å². The van der Waals surface area contributed by atoms with E-state index in [0.717, 1.165) is 81.7 Å². The van der Waals surface area contributed by atoms with Crippen LogP contribution in [0.4, 0.5) is 0 Å². The van der Waals surface area contributed by atoms with Crippen LogP contribution in [-0.4, -0.2) is 11.6 Å². The molecule has 15 rings (SSSR count). The summed E-state index contributed by atoms with van der Waals surface area (Å²) >= 11 is 7.20. The van der Waals surface area contributed by atoms with Crippen LogP contribution in [0.5, 0.6) is 0 Å². The molecule has 0 atom stereocenters. The molecule has 4 aliphatic rings. The lowest BCUT2D eigenvalue weighted by Gasteiger charge is -2.36. The number of ketones is 2. The molecule has 0 N–H and O–H groups in total. The third-order valence-electron chi connectivity index (χ3n) is 22.3. The molecule has 0 fully saturated rings. The van der Waals surface area contributed by atoms with E-state index in [1.54, 1.807) is 28.7 Å². The van der Waals surface area contributed by atoms with Crippen LogP contribution < -0.4 is 0 Å². The van der Waals surface area contributed by atoms with Crippen LogP contribution in [0.1, 0.15) is 246 Å². The number of carbonyl (C=O) groups excluding carboxylic acids is 2. The summed E-state index contributed by atoms with van der Waals surface area (Å²) in [5.41, 5.74) is 21.2. The fraction of sp³-hybridized carbons (Fsp3) is 0.287. The van der Waals surface area contributed by atoms with Crippen LogP contribution in [0.3, 0.4) is 0 Å². The van der Waals surface area contributed by atoms with Gasteiger partial charge in [0.15, 0.2) is 17.3 Å². The highest BCUT2D eigenvalue weighted by atomic mass is 32.1. The summed E-state index contributed by atoms with van der Waals surface area (Å²) in [5, 5.41) is 10.5. The summed E-state index contributed by atoms with van der Waals surface area (Å²) in [4.78, 5) is 41.3. The van der Waals surface area contributed by atoms with Crippen molar-refractivity contribution in [1.29, 1.82) is 5.26 Å². The number of benzene rings is 7. The second kappa shape index (κ2) is 29.8. The molecule has 4 aliphatic carbocycles. The van der Waals surface area contributed by atoms with Crippen LogP contribution in [0, 0.1) is 24.5 Å². The fourth-order valence-corrected chi connectivity index (χ4v) is 22.6. The largest absolute Gasteiger partial charge is 0.289 e. The Kier molecular flexibility index (Phi) is 20.0. The monoisotopic (exact) mass is 1420 g/mol. The highest BCUT2D eigenvalue weighted by molar-refractivity contribution is 7.31. The van der Waals surface area contributed by atoms with Crippen molar-refractivity contribution in [2.24, 2.45) is 0 Å². The number of aryl methyl sites for hydroxylation is 4. The second-order valence-corrected chi connectivity index (χ2v) is 32.9. The van der Waals surface area contributed by atoms with Crippen molar-refractivity contribution in [1.82, 2.24) is 0 Å². The van der Waals surface area contributed by atoms with Crippen molar-refractivity contribution in [3.05, 3.63) is 314 Å². The number of carbonyl (C=O) groups is 2. The summed E-state index contributed by atoms with van der Waals surface area (Å²) in [6, 6.07) is 65.9. The van der Waals surface area contributed by atoms with Gasteiger partial charge in [-0.2, -0.15) is 0 Å². The minimum absolute atomic E-state index is 0.0452. The molecule has 0 aliphatic heterocycles. The van der Waals surface area contributed by atoms with Crippen molar-refractivity contribution < 1.29 is 9.59 Å². The van der Waals surface area contributed by atoms with Gasteiger partial charge in [-0.15, -0.1) is 45.3 Å². The summed E-state index contributed by atoms with van der Waals surface area (Å²) in [5.74, 6) is -0.221. The number of rotatable bonds is 26. The Hall–Kier alpha value is -9.37. The maximum absolute atomic E-state index is 14.7. The van der Waals surface area contributed by atoms with E-state index in [1.165, 1.54) is 174 Å². The number of unbranched alkanes of at least 4 members (excludes halogenated alkanes) is 12. The molecule has 0 amide bonds. The Bertz CT molecular complexity index is 5270. The first kappa shape index (κ1) is 69.4. The number of fused-ring (bicyclic) bond motifs is 12. The zero-order valence-electron chi connectivity index (χ0n) is 59.8. The molecule has 0 saturated heterocycles. The van der Waals surface area contributed by atoms with Crippen LogP contribution in [0.25, 0.3) is 72.7 Å². The van der Waals surface area contributed by atoms with E-state index in [2.05, 4.69) is 171 Å². The van der Waals surface area contributed by atoms with Gasteiger partial charge in [0.1, 0.15) is 0 Å². The van der Waals surface area contributed by atoms with E-state index in [1.807, 2.05) is 78.1 Å². The SMILES string of the molecule is [C-]#[N+]/C(C)=C1\C(=C\c2cc3sc4c(c3s2)C(c2ccc(CCCCCC)cc2)(c2ccc(CCCCCC)cc2)c2cc3c(cc2-4)C(c2ccc(CCCCCC)cc2)(c2ccc(CCCCCC)cc2)c2c-3sc3cc(/C=C4\C(=O)c5ccccc5\C4=C(\C#N)[N+]#[C-])sc23)C(=O)c2ccccc21. The zero-order chi connectivity index (χ0) is 70.9. The lowest BCUT2D eigenvalue weighted by molar-refractivity contribution is 0.103. The molecule has 4 aromatic heterocycles. The molecule has 103 heavy (non-hydrogen) atoms. The first-order valence-corrected chi connectivity index (χ1v) is 40.8. The van der Waals surface area contributed by atoms with Gasteiger partial charge in [-0.1, -0.05) is 250 Å². The van der Waals surface area contributed by atoms with Gasteiger partial charge in [0, 0.05) is 67.9 Å². The molecular formula is C94H85N3O2S4. The van der Waals surface area contributed by atoms with Gasteiger partial charge in [-0.3, -0.25) is 9.59 Å². The standard InChI is InChI=1S/C94H85N3O2S4/c1-8-12-16-20-28-60-36-44-64(45-37-60)93(65-46-38-61(39-47-65)29-21-17-13-9-2)78-57-75-79(56-74(78)89-85(93)91-81(102-89)54-68(100-91)52-76-83(59(5)96-6)70-32-24-26-34-72(70)87(76)98)94(66-48-40-62(41-49-66)30-22-18-14-10-3,67-50-42-63(43-51-67)31-23-19-15-11-4)86-90(75)103-82-55-69(101-92(82)86)53-77-84(80(58-95)97-7)71-33-25-27-35-73(71)88(77)99/h24-27,32-57H,8-23,28-31H2,1-5H3/b76-52-,77-53-,83-59-,84-80+. The van der Waals surface area contributed by atoms with E-state index in [9.17, 15) is 14.9 Å². The summed E-state index contributed by atoms with van der Waals surface area (Å²) in [6.45, 7) is 27.3. The molecule has 0 spiro atoms.